The molecule has 2 aliphatic carbocycles. The molecule has 2 aromatic carbocycles. The molecule has 2 aromatic rings. The van der Waals surface area contributed by atoms with Gasteiger partial charge in [-0.1, -0.05) is 30.3 Å². The van der Waals surface area contributed by atoms with Crippen LogP contribution < -0.4 is 11.5 Å². The van der Waals surface area contributed by atoms with Gasteiger partial charge in [-0.25, -0.2) is 0 Å². The van der Waals surface area contributed by atoms with E-state index in [0.29, 0.717) is 5.56 Å². The smallest absolute Gasteiger partial charge is 0.280 e. The van der Waals surface area contributed by atoms with Crippen LogP contribution in [0.25, 0.3) is 11.1 Å². The second-order valence-corrected chi connectivity index (χ2v) is 5.73. The molecule has 2 aliphatic rings. The summed E-state index contributed by atoms with van der Waals surface area (Å²) in [5.41, 5.74) is 16.4. The zero-order chi connectivity index (χ0) is 14.6. The molecule has 1 saturated carbocycles. The molecule has 0 bridgehead atoms. The summed E-state index contributed by atoms with van der Waals surface area (Å²) in [4.78, 5) is 15.6. The van der Waals surface area contributed by atoms with Crippen molar-refractivity contribution in [2.75, 3.05) is 0 Å². The second kappa shape index (κ2) is 3.95. The molecule has 1 fully saturated rings. The normalized spacial score (nSPS) is 16.2. The molecule has 0 aliphatic heterocycles. The molecule has 4 heteroatoms. The number of benzene rings is 2. The van der Waals surface area contributed by atoms with Gasteiger partial charge in [-0.3, -0.25) is 4.79 Å². The van der Waals surface area contributed by atoms with Gasteiger partial charge in [0.05, 0.1) is 0 Å². The maximum absolute atomic E-state index is 12.0. The number of guanidine groups is 1. The van der Waals surface area contributed by atoms with Gasteiger partial charge in [0, 0.05) is 11.0 Å². The number of nitrogens with two attached hydrogens (primary N) is 2. The highest BCUT2D eigenvalue weighted by Crippen LogP contribution is 2.62. The van der Waals surface area contributed by atoms with E-state index < -0.39 is 0 Å². The highest BCUT2D eigenvalue weighted by atomic mass is 16.1. The quantitative estimate of drug-likeness (QED) is 0.619. The third kappa shape index (κ3) is 1.62. The molecule has 0 aromatic heterocycles. The first-order valence-electron chi connectivity index (χ1n) is 7.00. The monoisotopic (exact) mass is 277 g/mol. The number of fused-ring (bicyclic) bond motifs is 5. The van der Waals surface area contributed by atoms with E-state index in [-0.39, 0.29) is 17.3 Å². The first-order chi connectivity index (χ1) is 10.1. The summed E-state index contributed by atoms with van der Waals surface area (Å²) in [5, 5.41) is 0. The lowest BCUT2D eigenvalue weighted by Crippen LogP contribution is -2.24. The fraction of sp³-hybridized carbons (Fsp3) is 0.176. The third-order valence-electron chi connectivity index (χ3n) is 4.50. The van der Waals surface area contributed by atoms with Gasteiger partial charge in [-0.05, 0) is 47.2 Å². The SMILES string of the molecule is NC(N)=NC(=O)c1ccc2c(c1)C1(CC1)c1ccccc1-2. The van der Waals surface area contributed by atoms with E-state index in [2.05, 4.69) is 29.3 Å². The lowest BCUT2D eigenvalue weighted by molar-refractivity contribution is 0.100. The molecule has 21 heavy (non-hydrogen) atoms. The van der Waals surface area contributed by atoms with E-state index in [1.54, 1.807) is 6.07 Å². The highest BCUT2D eigenvalue weighted by Gasteiger charge is 2.52. The molecule has 0 saturated heterocycles. The van der Waals surface area contributed by atoms with Gasteiger partial charge in [-0.2, -0.15) is 4.99 Å². The Kier molecular flexibility index (Phi) is 2.28. The molecule has 4 N–H and O–H groups in total. The highest BCUT2D eigenvalue weighted by molar-refractivity contribution is 6.02. The van der Waals surface area contributed by atoms with Crippen LogP contribution in [0.15, 0.2) is 47.5 Å². The summed E-state index contributed by atoms with van der Waals surface area (Å²) in [6.45, 7) is 0. The predicted molar refractivity (Wildman–Crippen MR) is 82.0 cm³/mol. The van der Waals surface area contributed by atoms with Gasteiger partial charge in [0.15, 0.2) is 5.96 Å². The van der Waals surface area contributed by atoms with Crippen LogP contribution in [-0.2, 0) is 5.41 Å². The van der Waals surface area contributed by atoms with Crippen molar-refractivity contribution in [1.29, 1.82) is 0 Å². The Labute approximate surface area is 122 Å². The van der Waals surface area contributed by atoms with Gasteiger partial charge < -0.3 is 11.5 Å². The van der Waals surface area contributed by atoms with Crippen molar-refractivity contribution in [1.82, 2.24) is 0 Å². The third-order valence-corrected chi connectivity index (χ3v) is 4.50. The van der Waals surface area contributed by atoms with Crippen molar-refractivity contribution in [3.8, 4) is 11.1 Å². The Morgan fingerprint density at radius 1 is 1.00 bits per heavy atom. The van der Waals surface area contributed by atoms with Gasteiger partial charge in [-0.15, -0.1) is 0 Å². The Morgan fingerprint density at radius 2 is 1.71 bits per heavy atom. The van der Waals surface area contributed by atoms with Crippen molar-refractivity contribution in [2.45, 2.75) is 18.3 Å². The number of rotatable bonds is 1. The minimum Gasteiger partial charge on any atom is -0.370 e. The maximum Gasteiger partial charge on any atom is 0.280 e. The van der Waals surface area contributed by atoms with Crippen LogP contribution in [0, 0.1) is 0 Å². The number of aliphatic imine (C=N–C) groups is 1. The van der Waals surface area contributed by atoms with E-state index in [1.165, 1.54) is 22.3 Å². The number of amides is 1. The summed E-state index contributed by atoms with van der Waals surface area (Å²) in [5.74, 6) is -0.588. The number of carbonyl (C=O) groups excluding carboxylic acids is 1. The van der Waals surface area contributed by atoms with Crippen molar-refractivity contribution in [3.63, 3.8) is 0 Å². The van der Waals surface area contributed by atoms with Crippen LogP contribution in [0.2, 0.25) is 0 Å². The van der Waals surface area contributed by atoms with E-state index >= 15 is 0 Å². The summed E-state index contributed by atoms with van der Waals surface area (Å²) in [6.07, 6.45) is 2.27. The van der Waals surface area contributed by atoms with Crippen LogP contribution in [0.4, 0.5) is 0 Å². The molecule has 0 radical (unpaired) electrons. The minimum atomic E-state index is -0.385. The molecular weight excluding hydrogens is 262 g/mol. The van der Waals surface area contributed by atoms with E-state index in [4.69, 9.17) is 11.5 Å². The Morgan fingerprint density at radius 3 is 2.43 bits per heavy atom. The van der Waals surface area contributed by atoms with E-state index in [0.717, 1.165) is 12.8 Å². The lowest BCUT2D eigenvalue weighted by atomic mass is 9.92. The van der Waals surface area contributed by atoms with Crippen molar-refractivity contribution >= 4 is 11.9 Å². The minimum absolute atomic E-state index is 0.111. The van der Waals surface area contributed by atoms with Crippen molar-refractivity contribution in [2.24, 2.45) is 16.5 Å². The molecular formula is C17H15N3O. The number of hydrogen-bond acceptors (Lipinski definition) is 1. The van der Waals surface area contributed by atoms with E-state index in [9.17, 15) is 4.79 Å². The predicted octanol–water partition coefficient (Wildman–Crippen LogP) is 2.16. The van der Waals surface area contributed by atoms with Crippen molar-refractivity contribution in [3.05, 3.63) is 59.2 Å². The van der Waals surface area contributed by atoms with E-state index in [1.807, 2.05) is 12.1 Å². The largest absolute Gasteiger partial charge is 0.370 e. The first-order valence-corrected chi connectivity index (χ1v) is 7.00. The maximum atomic E-state index is 12.0. The molecule has 4 nitrogen and oxygen atoms in total. The standard InChI is InChI=1S/C17H15N3O/c18-16(19)20-15(21)10-5-6-12-11-3-1-2-4-13(11)17(7-8-17)14(12)9-10/h1-6,9H,7-8H2,(H4,18,19,20,21). The first kappa shape index (κ1) is 12.1. The molecule has 0 unspecified atom stereocenters. The zero-order valence-electron chi connectivity index (χ0n) is 11.5. The van der Waals surface area contributed by atoms with Gasteiger partial charge in [0.1, 0.15) is 0 Å². The lowest BCUT2D eigenvalue weighted by Gasteiger charge is -2.10. The van der Waals surface area contributed by atoms with Gasteiger partial charge >= 0.3 is 0 Å². The van der Waals surface area contributed by atoms with Crippen LogP contribution in [-0.4, -0.2) is 11.9 Å². The van der Waals surface area contributed by atoms with Crippen LogP contribution in [0.3, 0.4) is 0 Å². The molecule has 0 heterocycles. The average Bonchev–Trinajstić information content (AvgIpc) is 3.22. The molecule has 4 rings (SSSR count). The zero-order valence-corrected chi connectivity index (χ0v) is 11.5. The Hall–Kier alpha value is -2.62. The number of nitrogens with zero attached hydrogens (tertiary/aromatic N) is 1. The van der Waals surface area contributed by atoms with Crippen LogP contribution >= 0.6 is 0 Å². The molecule has 0 atom stereocenters. The van der Waals surface area contributed by atoms with Crippen LogP contribution in [0.1, 0.15) is 34.3 Å². The Balaban J connectivity index is 1.87. The van der Waals surface area contributed by atoms with Gasteiger partial charge in [0.25, 0.3) is 5.91 Å². The van der Waals surface area contributed by atoms with Crippen LogP contribution in [0.5, 0.6) is 0 Å². The second-order valence-electron chi connectivity index (χ2n) is 5.73. The van der Waals surface area contributed by atoms with Gasteiger partial charge in [0.2, 0.25) is 0 Å². The number of carbonyl (C=O) groups is 1. The summed E-state index contributed by atoms with van der Waals surface area (Å²) < 4.78 is 0. The summed E-state index contributed by atoms with van der Waals surface area (Å²) >= 11 is 0. The Bertz CT molecular complexity index is 799. The summed E-state index contributed by atoms with van der Waals surface area (Å²) in [6, 6.07) is 14.2. The fourth-order valence-electron chi connectivity index (χ4n) is 3.43. The summed E-state index contributed by atoms with van der Waals surface area (Å²) in [7, 11) is 0. The molecule has 1 spiro atoms. The molecule has 104 valence electrons. The molecule has 1 amide bonds. The van der Waals surface area contributed by atoms with Crippen molar-refractivity contribution < 1.29 is 4.79 Å². The number of hydrogen-bond donors (Lipinski definition) is 2. The average molecular weight is 277 g/mol. The fourth-order valence-corrected chi connectivity index (χ4v) is 3.43. The topological polar surface area (TPSA) is 81.5 Å².